The molecule has 0 aromatic heterocycles. The molecule has 0 unspecified atom stereocenters. The molecule has 0 radical (unpaired) electrons. The maximum absolute atomic E-state index is 13.1. The van der Waals surface area contributed by atoms with E-state index in [1.807, 2.05) is 0 Å². The van der Waals surface area contributed by atoms with Gasteiger partial charge in [0.1, 0.15) is 11.6 Å². The first-order valence-corrected chi connectivity index (χ1v) is 4.69. The Hall–Kier alpha value is -0.480. The van der Waals surface area contributed by atoms with Crippen LogP contribution in [0.5, 0.6) is 0 Å². The summed E-state index contributed by atoms with van der Waals surface area (Å²) < 4.78 is 26.7. The summed E-state index contributed by atoms with van der Waals surface area (Å²) in [5.41, 5.74) is 5.51. The number of benzene rings is 1. The zero-order valence-electron chi connectivity index (χ0n) is 7.15. The lowest BCUT2D eigenvalue weighted by Gasteiger charge is -2.07. The van der Waals surface area contributed by atoms with Gasteiger partial charge < -0.3 is 5.73 Å². The van der Waals surface area contributed by atoms with E-state index >= 15 is 0 Å². The lowest BCUT2D eigenvalue weighted by atomic mass is 10.1. The Kier molecular flexibility index (Phi) is 3.39. The van der Waals surface area contributed by atoms with E-state index in [0.29, 0.717) is 4.47 Å². The largest absolute Gasteiger partial charge is 0.328 e. The molecule has 0 aliphatic heterocycles. The van der Waals surface area contributed by atoms with E-state index in [-0.39, 0.29) is 18.0 Å². The van der Waals surface area contributed by atoms with Crippen molar-refractivity contribution < 1.29 is 8.78 Å². The van der Waals surface area contributed by atoms with Crippen LogP contribution in [0.1, 0.15) is 12.5 Å². The van der Waals surface area contributed by atoms with Crippen molar-refractivity contribution in [3.05, 3.63) is 33.8 Å². The molecule has 1 aromatic carbocycles. The third kappa shape index (κ3) is 2.74. The summed E-state index contributed by atoms with van der Waals surface area (Å²) >= 11 is 3.00. The minimum Gasteiger partial charge on any atom is -0.328 e. The van der Waals surface area contributed by atoms with Crippen LogP contribution in [-0.2, 0) is 6.42 Å². The van der Waals surface area contributed by atoms with Gasteiger partial charge in [0, 0.05) is 16.1 Å². The molecule has 0 saturated heterocycles. The average molecular weight is 250 g/mol. The van der Waals surface area contributed by atoms with Gasteiger partial charge >= 0.3 is 0 Å². The Morgan fingerprint density at radius 3 is 2.23 bits per heavy atom. The Labute approximate surface area is 84.1 Å². The molecule has 0 fully saturated rings. The number of hydrogen-bond acceptors (Lipinski definition) is 1. The molecule has 0 aliphatic rings. The van der Waals surface area contributed by atoms with Gasteiger partial charge in [0.05, 0.1) is 0 Å². The van der Waals surface area contributed by atoms with Crippen LogP contribution in [0.4, 0.5) is 8.78 Å². The van der Waals surface area contributed by atoms with Crippen molar-refractivity contribution in [1.82, 2.24) is 0 Å². The van der Waals surface area contributed by atoms with Crippen molar-refractivity contribution in [2.75, 3.05) is 0 Å². The number of nitrogens with two attached hydrogens (primary N) is 1. The third-order valence-electron chi connectivity index (χ3n) is 1.63. The molecular weight excluding hydrogens is 240 g/mol. The quantitative estimate of drug-likeness (QED) is 0.857. The molecule has 1 aromatic rings. The van der Waals surface area contributed by atoms with E-state index in [9.17, 15) is 8.78 Å². The predicted octanol–water partition coefficient (Wildman–Crippen LogP) is 2.62. The molecular formula is C9H10BrF2N. The number of halogens is 3. The van der Waals surface area contributed by atoms with E-state index in [0.717, 1.165) is 0 Å². The highest BCUT2D eigenvalue weighted by Gasteiger charge is 2.11. The summed E-state index contributed by atoms with van der Waals surface area (Å²) in [6.45, 7) is 1.71. The molecule has 0 bridgehead atoms. The molecule has 1 rings (SSSR count). The van der Waals surface area contributed by atoms with Gasteiger partial charge in [-0.1, -0.05) is 15.9 Å². The van der Waals surface area contributed by atoms with Gasteiger partial charge in [-0.2, -0.15) is 0 Å². The van der Waals surface area contributed by atoms with Crippen LogP contribution < -0.4 is 5.73 Å². The minimum atomic E-state index is -0.552. The molecule has 2 N–H and O–H groups in total. The fourth-order valence-corrected chi connectivity index (χ4v) is 1.49. The van der Waals surface area contributed by atoms with Crippen LogP contribution in [0.25, 0.3) is 0 Å². The second-order valence-corrected chi connectivity index (χ2v) is 3.95. The standard InChI is InChI=1S/C9H10BrF2N/c1-5(13)2-7-8(11)3-6(10)4-9(7)12/h3-5H,2,13H2,1H3/t5-/m0/s1. The summed E-state index contributed by atoms with van der Waals surface area (Å²) in [5.74, 6) is -1.10. The molecule has 0 aliphatic carbocycles. The van der Waals surface area contributed by atoms with E-state index < -0.39 is 11.6 Å². The molecule has 72 valence electrons. The van der Waals surface area contributed by atoms with E-state index in [1.54, 1.807) is 6.92 Å². The monoisotopic (exact) mass is 249 g/mol. The van der Waals surface area contributed by atoms with Crippen molar-refractivity contribution >= 4 is 15.9 Å². The molecule has 4 heteroatoms. The molecule has 1 atom stereocenters. The van der Waals surface area contributed by atoms with Crippen LogP contribution >= 0.6 is 15.9 Å². The van der Waals surface area contributed by atoms with Gasteiger partial charge in [-0.15, -0.1) is 0 Å². The van der Waals surface area contributed by atoms with Crippen LogP contribution in [0.15, 0.2) is 16.6 Å². The van der Waals surface area contributed by atoms with Gasteiger partial charge in [-0.3, -0.25) is 0 Å². The summed E-state index contributed by atoms with van der Waals surface area (Å²) in [4.78, 5) is 0. The molecule has 13 heavy (non-hydrogen) atoms. The van der Waals surface area contributed by atoms with Gasteiger partial charge in [-0.25, -0.2) is 8.78 Å². The first-order chi connectivity index (χ1) is 6.00. The minimum absolute atomic E-state index is 0.0539. The summed E-state index contributed by atoms with van der Waals surface area (Å²) in [5, 5.41) is 0. The highest BCUT2D eigenvalue weighted by atomic mass is 79.9. The van der Waals surface area contributed by atoms with Crippen LogP contribution in [0.2, 0.25) is 0 Å². The Bertz CT molecular complexity index is 289. The fraction of sp³-hybridized carbons (Fsp3) is 0.333. The predicted molar refractivity (Wildman–Crippen MR) is 51.4 cm³/mol. The normalized spacial score (nSPS) is 13.0. The van der Waals surface area contributed by atoms with Gasteiger partial charge in [0.15, 0.2) is 0 Å². The number of rotatable bonds is 2. The SMILES string of the molecule is C[C@H](N)Cc1c(F)cc(Br)cc1F. The zero-order chi connectivity index (χ0) is 10.0. The first-order valence-electron chi connectivity index (χ1n) is 3.89. The smallest absolute Gasteiger partial charge is 0.130 e. The second kappa shape index (κ2) is 4.15. The molecule has 0 saturated carbocycles. The maximum Gasteiger partial charge on any atom is 0.130 e. The van der Waals surface area contributed by atoms with E-state index in [4.69, 9.17) is 5.73 Å². The Morgan fingerprint density at radius 1 is 1.38 bits per heavy atom. The van der Waals surface area contributed by atoms with Gasteiger partial charge in [0.2, 0.25) is 0 Å². The summed E-state index contributed by atoms with van der Waals surface area (Å²) in [7, 11) is 0. The number of hydrogen-bond donors (Lipinski definition) is 1. The molecule has 0 spiro atoms. The molecule has 0 amide bonds. The second-order valence-electron chi connectivity index (χ2n) is 3.03. The Morgan fingerprint density at radius 2 is 1.85 bits per heavy atom. The van der Waals surface area contributed by atoms with Crippen molar-refractivity contribution in [3.8, 4) is 0 Å². The average Bonchev–Trinajstić information content (AvgIpc) is 1.96. The van der Waals surface area contributed by atoms with E-state index in [2.05, 4.69) is 15.9 Å². The van der Waals surface area contributed by atoms with Crippen LogP contribution in [0.3, 0.4) is 0 Å². The van der Waals surface area contributed by atoms with Crippen molar-refractivity contribution in [3.63, 3.8) is 0 Å². The van der Waals surface area contributed by atoms with Crippen molar-refractivity contribution in [2.45, 2.75) is 19.4 Å². The van der Waals surface area contributed by atoms with Gasteiger partial charge in [0.25, 0.3) is 0 Å². The fourth-order valence-electron chi connectivity index (χ4n) is 1.09. The highest BCUT2D eigenvalue weighted by Crippen LogP contribution is 2.20. The van der Waals surface area contributed by atoms with Crippen molar-refractivity contribution in [1.29, 1.82) is 0 Å². The zero-order valence-corrected chi connectivity index (χ0v) is 8.74. The topological polar surface area (TPSA) is 26.0 Å². The molecule has 0 heterocycles. The Balaban J connectivity index is 3.06. The third-order valence-corrected chi connectivity index (χ3v) is 2.09. The van der Waals surface area contributed by atoms with Crippen molar-refractivity contribution in [2.24, 2.45) is 5.73 Å². The van der Waals surface area contributed by atoms with Gasteiger partial charge in [-0.05, 0) is 25.5 Å². The van der Waals surface area contributed by atoms with E-state index in [1.165, 1.54) is 12.1 Å². The van der Waals surface area contributed by atoms with Crippen LogP contribution in [0, 0.1) is 11.6 Å². The highest BCUT2D eigenvalue weighted by molar-refractivity contribution is 9.10. The lowest BCUT2D eigenvalue weighted by Crippen LogP contribution is -2.19. The summed E-state index contributed by atoms with van der Waals surface area (Å²) in [6, 6.07) is 2.23. The first kappa shape index (κ1) is 10.6. The molecule has 1 nitrogen and oxygen atoms in total. The maximum atomic E-state index is 13.1. The lowest BCUT2D eigenvalue weighted by molar-refractivity contribution is 0.541. The van der Waals surface area contributed by atoms with Crippen LogP contribution in [-0.4, -0.2) is 6.04 Å². The summed E-state index contributed by atoms with van der Waals surface area (Å²) in [6.07, 6.45) is 0.213.